The van der Waals surface area contributed by atoms with Crippen molar-refractivity contribution in [2.24, 2.45) is 11.7 Å². The van der Waals surface area contributed by atoms with Gasteiger partial charge in [0.2, 0.25) is 0 Å². The van der Waals surface area contributed by atoms with Crippen LogP contribution in [0, 0.1) is 5.92 Å². The van der Waals surface area contributed by atoms with Crippen molar-refractivity contribution in [2.45, 2.75) is 65.4 Å². The van der Waals surface area contributed by atoms with Gasteiger partial charge in [-0.25, -0.2) is 0 Å². The highest BCUT2D eigenvalue weighted by atomic mass is 32.1. The van der Waals surface area contributed by atoms with Crippen molar-refractivity contribution in [2.75, 3.05) is 0 Å². The minimum Gasteiger partial charge on any atom is -0.468 e. The van der Waals surface area contributed by atoms with Gasteiger partial charge in [-0.3, -0.25) is 0 Å². The number of hydrogen-bond donors (Lipinski definition) is 1. The Bertz CT molecular complexity index is 171. The second-order valence-corrected chi connectivity index (χ2v) is 4.82. The largest absolute Gasteiger partial charge is 0.468 e. The monoisotopic (exact) mass is 231 g/mol. The van der Waals surface area contributed by atoms with E-state index in [2.05, 4.69) is 20.8 Å². The first-order valence-corrected chi connectivity index (χ1v) is 6.44. The predicted molar refractivity (Wildman–Crippen MR) is 69.9 cm³/mol. The molecule has 15 heavy (non-hydrogen) atoms. The Labute approximate surface area is 99.6 Å². The van der Waals surface area contributed by atoms with E-state index in [9.17, 15) is 0 Å². The summed E-state index contributed by atoms with van der Waals surface area (Å²) in [7, 11) is 0. The van der Waals surface area contributed by atoms with E-state index >= 15 is 0 Å². The Hall–Kier alpha value is -0.310. The average Bonchev–Trinajstić information content (AvgIpc) is 2.15. The van der Waals surface area contributed by atoms with Crippen molar-refractivity contribution in [1.29, 1.82) is 0 Å². The Morgan fingerprint density at radius 2 is 1.80 bits per heavy atom. The van der Waals surface area contributed by atoms with Crippen LogP contribution in [0.5, 0.6) is 0 Å². The van der Waals surface area contributed by atoms with Crippen molar-refractivity contribution < 1.29 is 4.74 Å². The molecule has 0 saturated carbocycles. The molecule has 0 aliphatic heterocycles. The molecule has 0 aliphatic rings. The molecule has 0 heterocycles. The fourth-order valence-electron chi connectivity index (χ4n) is 1.63. The van der Waals surface area contributed by atoms with E-state index < -0.39 is 0 Å². The van der Waals surface area contributed by atoms with Gasteiger partial charge >= 0.3 is 0 Å². The van der Waals surface area contributed by atoms with Gasteiger partial charge in [-0.1, -0.05) is 46.5 Å². The first kappa shape index (κ1) is 14.7. The van der Waals surface area contributed by atoms with E-state index in [1.165, 1.54) is 32.1 Å². The van der Waals surface area contributed by atoms with Crippen LogP contribution in [0.1, 0.15) is 59.3 Å². The second kappa shape index (κ2) is 8.96. The van der Waals surface area contributed by atoms with Gasteiger partial charge in [0, 0.05) is 0 Å². The molecule has 0 aliphatic carbocycles. The van der Waals surface area contributed by atoms with Gasteiger partial charge in [-0.05, 0) is 31.0 Å². The smallest absolute Gasteiger partial charge is 0.254 e. The summed E-state index contributed by atoms with van der Waals surface area (Å²) in [6, 6.07) is 0. The Morgan fingerprint density at radius 3 is 2.27 bits per heavy atom. The molecule has 90 valence electrons. The Kier molecular flexibility index (Phi) is 8.77. The van der Waals surface area contributed by atoms with Crippen LogP contribution < -0.4 is 5.73 Å². The zero-order chi connectivity index (χ0) is 11.7. The maximum Gasteiger partial charge on any atom is 0.254 e. The first-order valence-electron chi connectivity index (χ1n) is 6.04. The number of unbranched alkanes of at least 4 members (excludes halogenated alkanes) is 4. The molecule has 0 bridgehead atoms. The van der Waals surface area contributed by atoms with Crippen molar-refractivity contribution in [1.82, 2.24) is 0 Å². The van der Waals surface area contributed by atoms with Gasteiger partial charge in [-0.15, -0.1) is 0 Å². The van der Waals surface area contributed by atoms with Gasteiger partial charge in [0.25, 0.3) is 5.17 Å². The molecule has 0 rings (SSSR count). The van der Waals surface area contributed by atoms with Crippen LogP contribution in [-0.4, -0.2) is 11.3 Å². The molecule has 0 radical (unpaired) electrons. The fraction of sp³-hybridized carbons (Fsp3) is 0.917. The number of hydrogen-bond acceptors (Lipinski definition) is 2. The molecule has 0 spiro atoms. The maximum atomic E-state index is 5.43. The molecular weight excluding hydrogens is 206 g/mol. The SMILES string of the molecule is CCCCCCCC(OC(N)=S)C(C)C. The molecule has 0 aromatic carbocycles. The van der Waals surface area contributed by atoms with E-state index in [0.29, 0.717) is 5.92 Å². The zero-order valence-corrected chi connectivity index (χ0v) is 11.1. The molecule has 2 nitrogen and oxygen atoms in total. The third-order valence-corrected chi connectivity index (χ3v) is 2.70. The van der Waals surface area contributed by atoms with Gasteiger partial charge in [0.15, 0.2) is 0 Å². The fourth-order valence-corrected chi connectivity index (χ4v) is 1.75. The topological polar surface area (TPSA) is 35.2 Å². The second-order valence-electron chi connectivity index (χ2n) is 4.42. The number of ether oxygens (including phenoxy) is 1. The molecule has 1 unspecified atom stereocenters. The molecular formula is C12H25NOS. The summed E-state index contributed by atoms with van der Waals surface area (Å²) in [5, 5.41) is 0.183. The van der Waals surface area contributed by atoms with Crippen molar-refractivity contribution in [3.8, 4) is 0 Å². The van der Waals surface area contributed by atoms with E-state index in [1.807, 2.05) is 0 Å². The van der Waals surface area contributed by atoms with Crippen LogP contribution in [0.4, 0.5) is 0 Å². The lowest BCUT2D eigenvalue weighted by molar-refractivity contribution is 0.128. The Morgan fingerprint density at radius 1 is 1.20 bits per heavy atom. The highest BCUT2D eigenvalue weighted by Crippen LogP contribution is 2.15. The van der Waals surface area contributed by atoms with Crippen molar-refractivity contribution in [3.63, 3.8) is 0 Å². The highest BCUT2D eigenvalue weighted by Gasteiger charge is 2.14. The third-order valence-electron chi connectivity index (χ3n) is 2.60. The van der Waals surface area contributed by atoms with Crippen LogP contribution >= 0.6 is 12.2 Å². The minimum absolute atomic E-state index is 0.183. The molecule has 3 heteroatoms. The molecule has 0 amide bonds. The number of nitrogens with two attached hydrogens (primary N) is 1. The average molecular weight is 231 g/mol. The molecule has 1 atom stereocenters. The molecule has 0 saturated heterocycles. The molecule has 0 aromatic rings. The van der Waals surface area contributed by atoms with Crippen LogP contribution in [0.2, 0.25) is 0 Å². The lowest BCUT2D eigenvalue weighted by Gasteiger charge is -2.21. The molecule has 0 fully saturated rings. The summed E-state index contributed by atoms with van der Waals surface area (Å²) in [5.41, 5.74) is 5.39. The number of rotatable bonds is 8. The number of thiocarbonyl (C=S) groups is 1. The van der Waals surface area contributed by atoms with E-state index in [4.69, 9.17) is 22.7 Å². The summed E-state index contributed by atoms with van der Waals surface area (Å²) < 4.78 is 5.43. The first-order chi connectivity index (χ1) is 7.07. The molecule has 0 aromatic heterocycles. The highest BCUT2D eigenvalue weighted by molar-refractivity contribution is 7.80. The van der Waals surface area contributed by atoms with Crippen LogP contribution in [0.3, 0.4) is 0 Å². The van der Waals surface area contributed by atoms with Crippen molar-refractivity contribution >= 4 is 17.4 Å². The summed E-state index contributed by atoms with van der Waals surface area (Å²) in [4.78, 5) is 0. The Balaban J connectivity index is 3.62. The van der Waals surface area contributed by atoms with Crippen LogP contribution in [0.15, 0.2) is 0 Å². The normalized spacial score (nSPS) is 12.8. The summed E-state index contributed by atoms with van der Waals surface area (Å²) in [6.07, 6.45) is 7.72. The minimum atomic E-state index is 0.183. The lowest BCUT2D eigenvalue weighted by Crippen LogP contribution is -2.26. The van der Waals surface area contributed by atoms with Crippen LogP contribution in [-0.2, 0) is 4.74 Å². The quantitative estimate of drug-likeness (QED) is 0.512. The maximum absolute atomic E-state index is 5.43. The summed E-state index contributed by atoms with van der Waals surface area (Å²) in [5.74, 6) is 0.484. The van der Waals surface area contributed by atoms with Gasteiger partial charge in [0.1, 0.15) is 6.10 Å². The molecule has 2 N–H and O–H groups in total. The van der Waals surface area contributed by atoms with E-state index in [1.54, 1.807) is 0 Å². The zero-order valence-electron chi connectivity index (χ0n) is 10.3. The van der Waals surface area contributed by atoms with Gasteiger partial charge < -0.3 is 10.5 Å². The summed E-state index contributed by atoms with van der Waals surface area (Å²) in [6.45, 7) is 6.52. The van der Waals surface area contributed by atoms with Crippen LogP contribution in [0.25, 0.3) is 0 Å². The third kappa shape index (κ3) is 8.67. The van der Waals surface area contributed by atoms with Crippen molar-refractivity contribution in [3.05, 3.63) is 0 Å². The lowest BCUT2D eigenvalue weighted by atomic mass is 10.00. The summed E-state index contributed by atoms with van der Waals surface area (Å²) >= 11 is 4.77. The van der Waals surface area contributed by atoms with Gasteiger partial charge in [-0.2, -0.15) is 0 Å². The predicted octanol–water partition coefficient (Wildman–Crippen LogP) is 3.63. The van der Waals surface area contributed by atoms with E-state index in [-0.39, 0.29) is 11.3 Å². The standard InChI is InChI=1S/C12H25NOS/c1-4-5-6-7-8-9-11(10(2)3)14-12(13)15/h10-11H,4-9H2,1-3H3,(H2,13,15). The van der Waals surface area contributed by atoms with E-state index in [0.717, 1.165) is 6.42 Å². The van der Waals surface area contributed by atoms with Gasteiger partial charge in [0.05, 0.1) is 0 Å².